The Morgan fingerprint density at radius 3 is 2.50 bits per heavy atom. The van der Waals surface area contributed by atoms with Crippen LogP contribution in [0.4, 0.5) is 0 Å². The van der Waals surface area contributed by atoms with Crippen molar-refractivity contribution in [1.82, 2.24) is 5.43 Å². The molecule has 1 atom stereocenters. The van der Waals surface area contributed by atoms with Crippen molar-refractivity contribution in [1.29, 1.82) is 0 Å². The summed E-state index contributed by atoms with van der Waals surface area (Å²) in [5, 5.41) is 9.00. The third-order valence-electron chi connectivity index (χ3n) is 1.14. The smallest absolute Gasteiger partial charge is 0.262 e. The van der Waals surface area contributed by atoms with E-state index in [1.165, 1.54) is 0 Å². The molecule has 4 N–H and O–H groups in total. The molecule has 0 fully saturated rings. The van der Waals surface area contributed by atoms with Crippen LogP contribution in [0.25, 0.3) is 0 Å². The molecule has 0 saturated carbocycles. The van der Waals surface area contributed by atoms with E-state index in [1.54, 1.807) is 0 Å². The van der Waals surface area contributed by atoms with E-state index >= 15 is 0 Å². The van der Waals surface area contributed by atoms with Gasteiger partial charge in [0.15, 0.2) is 0 Å². The van der Waals surface area contributed by atoms with E-state index in [-0.39, 0.29) is 0 Å². The largest absolute Gasteiger partial charge is 0.383 e. The van der Waals surface area contributed by atoms with Crippen molar-refractivity contribution in [2.75, 3.05) is 0 Å². The second-order valence-corrected chi connectivity index (χ2v) is 2.65. The Morgan fingerprint density at radius 2 is 2.20 bits per heavy atom. The van der Waals surface area contributed by atoms with Crippen LogP contribution < -0.4 is 11.3 Å². The van der Waals surface area contributed by atoms with Gasteiger partial charge < -0.3 is 5.11 Å². The van der Waals surface area contributed by atoms with Crippen molar-refractivity contribution in [3.8, 4) is 0 Å². The van der Waals surface area contributed by atoms with Crippen LogP contribution in [0.1, 0.15) is 20.3 Å². The van der Waals surface area contributed by atoms with Crippen molar-refractivity contribution >= 4 is 5.91 Å². The quantitative estimate of drug-likeness (QED) is 0.282. The fraction of sp³-hybridized carbons (Fsp3) is 0.833. The van der Waals surface area contributed by atoms with E-state index < -0.39 is 12.0 Å². The van der Waals surface area contributed by atoms with Crippen LogP contribution in [0.5, 0.6) is 0 Å². The fourth-order valence-electron chi connectivity index (χ4n) is 0.650. The first-order valence-corrected chi connectivity index (χ1v) is 3.26. The molecule has 10 heavy (non-hydrogen) atoms. The Bertz CT molecular complexity index is 114. The molecule has 0 aromatic carbocycles. The monoisotopic (exact) mass is 146 g/mol. The topological polar surface area (TPSA) is 75.3 Å². The Kier molecular flexibility index (Phi) is 3.99. The number of nitrogens with two attached hydrogens (primary N) is 1. The van der Waals surface area contributed by atoms with Crippen molar-refractivity contribution < 1.29 is 9.90 Å². The predicted molar refractivity (Wildman–Crippen MR) is 37.8 cm³/mol. The molecule has 0 aliphatic heterocycles. The van der Waals surface area contributed by atoms with E-state index in [1.807, 2.05) is 19.3 Å². The first kappa shape index (κ1) is 9.39. The molecule has 1 amide bonds. The fourth-order valence-corrected chi connectivity index (χ4v) is 0.650. The van der Waals surface area contributed by atoms with Crippen molar-refractivity contribution in [2.24, 2.45) is 11.8 Å². The Balaban J connectivity index is 3.61. The summed E-state index contributed by atoms with van der Waals surface area (Å²) in [7, 11) is 0. The van der Waals surface area contributed by atoms with Crippen LogP contribution in [-0.4, -0.2) is 17.1 Å². The zero-order valence-corrected chi connectivity index (χ0v) is 6.29. The molecular weight excluding hydrogens is 132 g/mol. The number of hydrogen-bond donors (Lipinski definition) is 3. The molecule has 0 aromatic heterocycles. The van der Waals surface area contributed by atoms with Crippen molar-refractivity contribution in [3.05, 3.63) is 0 Å². The normalized spacial score (nSPS) is 13.3. The Hall–Kier alpha value is -0.610. The number of amides is 1. The summed E-state index contributed by atoms with van der Waals surface area (Å²) in [4.78, 5) is 10.6. The van der Waals surface area contributed by atoms with Crippen molar-refractivity contribution in [3.63, 3.8) is 0 Å². The number of nitrogens with one attached hydrogen (secondary N) is 1. The van der Waals surface area contributed by atoms with E-state index in [2.05, 4.69) is 0 Å². The number of hydrazine groups is 1. The van der Waals surface area contributed by atoms with Gasteiger partial charge in [0.1, 0.15) is 6.10 Å². The molecule has 0 saturated heterocycles. The molecule has 0 spiro atoms. The highest BCUT2D eigenvalue weighted by atomic mass is 16.3. The Morgan fingerprint density at radius 1 is 1.70 bits per heavy atom. The van der Waals surface area contributed by atoms with Crippen LogP contribution in [0.2, 0.25) is 0 Å². The molecule has 0 heterocycles. The molecule has 0 rings (SSSR count). The molecule has 60 valence electrons. The summed E-state index contributed by atoms with van der Waals surface area (Å²) in [6, 6.07) is 0. The lowest BCUT2D eigenvalue weighted by molar-refractivity contribution is -0.130. The maximum atomic E-state index is 10.6. The molecule has 4 nitrogen and oxygen atoms in total. The first-order valence-electron chi connectivity index (χ1n) is 3.26. The number of aliphatic hydroxyl groups excluding tert-OH is 1. The minimum absolute atomic E-state index is 0.298. The van der Waals surface area contributed by atoms with E-state index in [4.69, 9.17) is 10.9 Å². The molecule has 0 aliphatic carbocycles. The van der Waals surface area contributed by atoms with Crippen LogP contribution in [0, 0.1) is 5.92 Å². The lowest BCUT2D eigenvalue weighted by atomic mass is 10.1. The molecule has 0 aromatic rings. The van der Waals surface area contributed by atoms with Gasteiger partial charge in [-0.2, -0.15) is 0 Å². The molecular formula is C6H14N2O2. The molecule has 0 radical (unpaired) electrons. The maximum absolute atomic E-state index is 10.6. The summed E-state index contributed by atoms with van der Waals surface area (Å²) < 4.78 is 0. The van der Waals surface area contributed by atoms with E-state index in [0.717, 1.165) is 0 Å². The molecule has 4 heteroatoms. The SMILES string of the molecule is CC(C)CC(O)C(=O)NN. The maximum Gasteiger partial charge on any atom is 0.262 e. The highest BCUT2D eigenvalue weighted by molar-refractivity contribution is 5.79. The number of rotatable bonds is 3. The standard InChI is InChI=1S/C6H14N2O2/c1-4(2)3-5(9)6(10)8-7/h4-5,9H,3,7H2,1-2H3,(H,8,10). The van der Waals surface area contributed by atoms with Gasteiger partial charge in [0.2, 0.25) is 0 Å². The summed E-state index contributed by atoms with van der Waals surface area (Å²) >= 11 is 0. The van der Waals surface area contributed by atoms with Crippen molar-refractivity contribution in [2.45, 2.75) is 26.4 Å². The minimum atomic E-state index is -0.968. The third-order valence-corrected chi connectivity index (χ3v) is 1.14. The average Bonchev–Trinajstić information content (AvgIpc) is 1.85. The van der Waals surface area contributed by atoms with Crippen LogP contribution in [0.3, 0.4) is 0 Å². The minimum Gasteiger partial charge on any atom is -0.383 e. The lowest BCUT2D eigenvalue weighted by Crippen LogP contribution is -2.39. The molecule has 0 aliphatic rings. The summed E-state index contributed by atoms with van der Waals surface area (Å²) in [6.45, 7) is 3.85. The van der Waals surface area contributed by atoms with Gasteiger partial charge in [-0.05, 0) is 12.3 Å². The molecule has 0 bridgehead atoms. The number of aliphatic hydroxyl groups is 1. The van der Waals surface area contributed by atoms with Gasteiger partial charge in [0, 0.05) is 0 Å². The average molecular weight is 146 g/mol. The van der Waals surface area contributed by atoms with Crippen LogP contribution >= 0.6 is 0 Å². The zero-order chi connectivity index (χ0) is 8.15. The van der Waals surface area contributed by atoms with Crippen LogP contribution in [-0.2, 0) is 4.79 Å². The van der Waals surface area contributed by atoms with Gasteiger partial charge in [-0.1, -0.05) is 13.8 Å². The number of hydrogen-bond acceptors (Lipinski definition) is 3. The van der Waals surface area contributed by atoms with Gasteiger partial charge in [-0.3, -0.25) is 10.2 Å². The highest BCUT2D eigenvalue weighted by Gasteiger charge is 2.14. The second kappa shape index (κ2) is 4.24. The van der Waals surface area contributed by atoms with E-state index in [9.17, 15) is 4.79 Å². The summed E-state index contributed by atoms with van der Waals surface area (Å²) in [5.41, 5.74) is 1.88. The van der Waals surface area contributed by atoms with Gasteiger partial charge in [0.25, 0.3) is 5.91 Å². The Labute approximate surface area is 60.4 Å². The van der Waals surface area contributed by atoms with Gasteiger partial charge >= 0.3 is 0 Å². The number of carbonyl (C=O) groups excluding carboxylic acids is 1. The lowest BCUT2D eigenvalue weighted by Gasteiger charge is -2.10. The van der Waals surface area contributed by atoms with Crippen LogP contribution in [0.15, 0.2) is 0 Å². The third kappa shape index (κ3) is 3.42. The van der Waals surface area contributed by atoms with Gasteiger partial charge in [-0.15, -0.1) is 0 Å². The van der Waals surface area contributed by atoms with E-state index in [0.29, 0.717) is 12.3 Å². The number of carbonyl (C=O) groups is 1. The highest BCUT2D eigenvalue weighted by Crippen LogP contribution is 2.03. The zero-order valence-electron chi connectivity index (χ0n) is 6.29. The summed E-state index contributed by atoms with van der Waals surface area (Å²) in [5.74, 6) is 4.57. The molecule has 1 unspecified atom stereocenters. The van der Waals surface area contributed by atoms with Gasteiger partial charge in [-0.25, -0.2) is 5.84 Å². The van der Waals surface area contributed by atoms with Gasteiger partial charge in [0.05, 0.1) is 0 Å². The predicted octanol–water partition coefficient (Wildman–Crippen LogP) is -0.617. The first-order chi connectivity index (χ1) is 4.57. The summed E-state index contributed by atoms with van der Waals surface area (Å²) in [6.07, 6.45) is -0.520. The second-order valence-electron chi connectivity index (χ2n) is 2.65.